The van der Waals surface area contributed by atoms with Gasteiger partial charge >= 0.3 is 0 Å². The summed E-state index contributed by atoms with van der Waals surface area (Å²) in [4.78, 5) is 3.71. The van der Waals surface area contributed by atoms with Crippen LogP contribution in [-0.4, -0.2) is 4.98 Å². The molecule has 2 aromatic rings. The Morgan fingerprint density at radius 1 is 1.12 bits per heavy atom. The lowest BCUT2D eigenvalue weighted by Gasteiger charge is -2.07. The molecule has 0 bridgehead atoms. The van der Waals surface area contributed by atoms with Crippen molar-refractivity contribution in [2.75, 3.05) is 0 Å². The molecule has 1 nitrogen and oxygen atoms in total. The van der Waals surface area contributed by atoms with Crippen LogP contribution >= 0.6 is 0 Å². The Morgan fingerprint density at radius 2 is 1.88 bits per heavy atom. The van der Waals surface area contributed by atoms with Gasteiger partial charge in [-0.2, -0.15) is 0 Å². The molecule has 0 unspecified atom stereocenters. The van der Waals surface area contributed by atoms with Gasteiger partial charge in [-0.1, -0.05) is 0 Å². The second-order valence-corrected chi connectivity index (χ2v) is 3.22. The average molecular weight is 225 g/mol. The number of rotatable bonds is 1. The minimum Gasteiger partial charge on any atom is -0.253 e. The summed E-state index contributed by atoms with van der Waals surface area (Å²) in [6, 6.07) is 4.62. The quantitative estimate of drug-likeness (QED) is 0.722. The van der Waals surface area contributed by atoms with E-state index in [4.69, 9.17) is 8.22 Å². The lowest BCUT2D eigenvalue weighted by Crippen LogP contribution is -1.95. The zero-order valence-corrected chi connectivity index (χ0v) is 8.09. The maximum Gasteiger partial charge on any atom is 0.152 e. The van der Waals surface area contributed by atoms with Gasteiger partial charge in [0, 0.05) is 20.0 Å². The number of halogens is 2. The number of nitrogens with zero attached hydrogens (tertiary/aromatic N) is 1. The fraction of sp³-hybridized carbons (Fsp3) is 0.154. The summed E-state index contributed by atoms with van der Waals surface area (Å²) < 4.78 is 71.6. The highest BCUT2D eigenvalue weighted by molar-refractivity contribution is 5.61. The van der Waals surface area contributed by atoms with Crippen LogP contribution < -0.4 is 0 Å². The van der Waals surface area contributed by atoms with Gasteiger partial charge in [0.05, 0.1) is 0 Å². The third kappa shape index (κ3) is 1.81. The van der Waals surface area contributed by atoms with Crippen LogP contribution in [0.5, 0.6) is 0 Å². The molecule has 3 heteroatoms. The lowest BCUT2D eigenvalue weighted by molar-refractivity contribution is 0.613. The summed E-state index contributed by atoms with van der Waals surface area (Å²) in [6.07, 6.45) is 0.830. The largest absolute Gasteiger partial charge is 0.253 e. The smallest absolute Gasteiger partial charge is 0.152 e. The van der Waals surface area contributed by atoms with E-state index in [0.717, 1.165) is 18.3 Å². The normalized spacial score (nSPS) is 17.6. The van der Waals surface area contributed by atoms with Crippen molar-refractivity contribution >= 4 is 0 Å². The molecular formula is C13H11F2N. The lowest BCUT2D eigenvalue weighted by atomic mass is 10.1. The molecule has 0 aliphatic rings. The van der Waals surface area contributed by atoms with Crippen molar-refractivity contribution in [2.45, 2.75) is 13.7 Å². The van der Waals surface area contributed by atoms with Crippen molar-refractivity contribution in [3.8, 4) is 11.3 Å². The summed E-state index contributed by atoms with van der Waals surface area (Å²) >= 11 is 0. The van der Waals surface area contributed by atoms with Crippen molar-refractivity contribution in [3.63, 3.8) is 0 Å². The highest BCUT2D eigenvalue weighted by Gasteiger charge is 2.10. The number of aromatic nitrogens is 1. The molecular weight excluding hydrogens is 208 g/mol. The Kier molecular flexibility index (Phi) is 1.38. The van der Waals surface area contributed by atoms with Gasteiger partial charge in [0.25, 0.3) is 0 Å². The Balaban J connectivity index is 2.73. The molecule has 0 radical (unpaired) electrons. The number of pyridine rings is 1. The molecule has 0 amide bonds. The molecule has 0 saturated carbocycles. The second-order valence-electron chi connectivity index (χ2n) is 3.22. The van der Waals surface area contributed by atoms with Crippen molar-refractivity contribution in [2.24, 2.45) is 0 Å². The van der Waals surface area contributed by atoms with Gasteiger partial charge in [0.1, 0.15) is 11.5 Å². The van der Waals surface area contributed by atoms with Crippen LogP contribution in [0, 0.1) is 25.3 Å². The SMILES string of the molecule is [2H]C([2H])([2H])c1cnc(-c2ccc(F)cc2)c(F)c1C([2H])([2H])[2H]. The minimum absolute atomic E-state index is 0.154. The van der Waals surface area contributed by atoms with E-state index in [0.29, 0.717) is 0 Å². The maximum atomic E-state index is 14.6. The standard InChI is InChI=1S/C13H11F2N/c1-8-7-16-13(12(15)9(8)2)10-3-5-11(14)6-4-10/h3-7H,1-2H3/i1D3,2D3. The number of aryl methyl sites for hydroxylation is 1. The summed E-state index contributed by atoms with van der Waals surface area (Å²) in [5.74, 6) is -1.78. The van der Waals surface area contributed by atoms with E-state index in [1.165, 1.54) is 12.1 Å². The summed E-state index contributed by atoms with van der Waals surface area (Å²) in [5.41, 5.74) is -1.72. The predicted molar refractivity (Wildman–Crippen MR) is 59.1 cm³/mol. The predicted octanol–water partition coefficient (Wildman–Crippen LogP) is 3.64. The van der Waals surface area contributed by atoms with Crippen molar-refractivity contribution in [3.05, 3.63) is 53.2 Å². The third-order valence-electron chi connectivity index (χ3n) is 2.14. The van der Waals surface area contributed by atoms with Gasteiger partial charge in [0.15, 0.2) is 5.82 Å². The molecule has 2 rings (SSSR count). The van der Waals surface area contributed by atoms with Crippen LogP contribution in [0.25, 0.3) is 11.3 Å². The fourth-order valence-electron chi connectivity index (χ4n) is 1.30. The van der Waals surface area contributed by atoms with E-state index < -0.39 is 36.5 Å². The van der Waals surface area contributed by atoms with Crippen molar-refractivity contribution in [1.29, 1.82) is 0 Å². The van der Waals surface area contributed by atoms with E-state index >= 15 is 0 Å². The third-order valence-corrected chi connectivity index (χ3v) is 2.14. The van der Waals surface area contributed by atoms with E-state index in [2.05, 4.69) is 4.98 Å². The molecule has 0 fully saturated rings. The van der Waals surface area contributed by atoms with E-state index in [1.54, 1.807) is 0 Å². The molecule has 0 atom stereocenters. The van der Waals surface area contributed by atoms with Crippen LogP contribution in [-0.2, 0) is 0 Å². The molecule has 1 aromatic carbocycles. The summed E-state index contributed by atoms with van der Waals surface area (Å²) in [7, 11) is 0. The Hall–Kier alpha value is -1.77. The monoisotopic (exact) mass is 225 g/mol. The first-order valence-corrected chi connectivity index (χ1v) is 4.47. The maximum absolute atomic E-state index is 14.6. The molecule has 0 aliphatic heterocycles. The number of hydrogen-bond donors (Lipinski definition) is 0. The Morgan fingerprint density at radius 3 is 2.50 bits per heavy atom. The number of hydrogen-bond acceptors (Lipinski definition) is 1. The second kappa shape index (κ2) is 4.00. The van der Waals surface area contributed by atoms with Crippen LogP contribution in [0.15, 0.2) is 30.5 Å². The van der Waals surface area contributed by atoms with Crippen molar-refractivity contribution < 1.29 is 17.0 Å². The van der Waals surface area contributed by atoms with Crippen LogP contribution in [0.2, 0.25) is 0 Å². The molecule has 0 saturated heterocycles. The van der Waals surface area contributed by atoms with Crippen LogP contribution in [0.3, 0.4) is 0 Å². The number of benzene rings is 1. The molecule has 1 heterocycles. The van der Waals surface area contributed by atoms with Crippen molar-refractivity contribution in [1.82, 2.24) is 4.98 Å². The zero-order valence-electron chi connectivity index (χ0n) is 14.1. The molecule has 82 valence electrons. The van der Waals surface area contributed by atoms with Gasteiger partial charge < -0.3 is 0 Å². The van der Waals surface area contributed by atoms with E-state index in [-0.39, 0.29) is 11.3 Å². The van der Waals surface area contributed by atoms with Crippen LogP contribution in [0.1, 0.15) is 19.4 Å². The van der Waals surface area contributed by atoms with E-state index in [9.17, 15) is 8.78 Å². The first kappa shape index (κ1) is 5.53. The minimum atomic E-state index is -2.95. The molecule has 0 spiro atoms. The molecule has 0 N–H and O–H groups in total. The van der Waals surface area contributed by atoms with Crippen LogP contribution in [0.4, 0.5) is 8.78 Å². The fourth-order valence-corrected chi connectivity index (χ4v) is 1.30. The van der Waals surface area contributed by atoms with Gasteiger partial charge in [0.2, 0.25) is 0 Å². The Bertz CT molecular complexity index is 691. The molecule has 1 aromatic heterocycles. The molecule has 16 heavy (non-hydrogen) atoms. The first-order valence-electron chi connectivity index (χ1n) is 7.47. The van der Waals surface area contributed by atoms with E-state index in [1.807, 2.05) is 0 Å². The van der Waals surface area contributed by atoms with Gasteiger partial charge in [-0.05, 0) is 49.1 Å². The van der Waals surface area contributed by atoms with Gasteiger partial charge in [-0.3, -0.25) is 4.98 Å². The van der Waals surface area contributed by atoms with Gasteiger partial charge in [-0.25, -0.2) is 8.78 Å². The van der Waals surface area contributed by atoms with Gasteiger partial charge in [-0.15, -0.1) is 0 Å². The summed E-state index contributed by atoms with van der Waals surface area (Å²) in [5, 5.41) is 0. The zero-order chi connectivity index (χ0) is 16.7. The Labute approximate surface area is 101 Å². The summed E-state index contributed by atoms with van der Waals surface area (Å²) in [6.45, 7) is -5.76. The average Bonchev–Trinajstić information content (AvgIpc) is 2.37. The molecule has 0 aliphatic carbocycles. The first-order chi connectivity index (χ1) is 10.0. The highest BCUT2D eigenvalue weighted by atomic mass is 19.1. The highest BCUT2D eigenvalue weighted by Crippen LogP contribution is 2.24. The topological polar surface area (TPSA) is 12.9 Å².